The first-order valence-corrected chi connectivity index (χ1v) is 19.5. The SMILES string of the molecule is Cc1ccc2c(oc3cccnc32)c1-c1cc(-c2ccc3c(c2)[Si]2(CCCCC2)c2ccccc2C32CCCCC2)cc[n+]1C. The first-order chi connectivity index (χ1) is 22.1. The largest absolute Gasteiger partial charge is 0.453 e. The molecule has 3 aromatic heterocycles. The molecule has 45 heavy (non-hydrogen) atoms. The molecular formula is C41H41N2OSi+. The maximum Gasteiger partial charge on any atom is 0.216 e. The van der Waals surface area contributed by atoms with Crippen molar-refractivity contribution in [1.82, 2.24) is 4.98 Å². The molecule has 2 aliphatic heterocycles. The molecule has 2 fully saturated rings. The van der Waals surface area contributed by atoms with Gasteiger partial charge >= 0.3 is 0 Å². The number of aromatic nitrogens is 2. The van der Waals surface area contributed by atoms with E-state index in [1.165, 1.54) is 85.8 Å². The Morgan fingerprint density at radius 2 is 1.53 bits per heavy atom. The van der Waals surface area contributed by atoms with Crippen LogP contribution >= 0.6 is 0 Å². The van der Waals surface area contributed by atoms with E-state index in [2.05, 4.69) is 96.4 Å². The van der Waals surface area contributed by atoms with Crippen LogP contribution in [0.4, 0.5) is 0 Å². The predicted octanol–water partition coefficient (Wildman–Crippen LogP) is 8.76. The molecule has 0 atom stereocenters. The molecule has 9 rings (SSSR count). The molecular weight excluding hydrogens is 565 g/mol. The summed E-state index contributed by atoms with van der Waals surface area (Å²) in [7, 11) is 0.286. The second-order valence-electron chi connectivity index (χ2n) is 14.1. The van der Waals surface area contributed by atoms with Crippen LogP contribution in [0.15, 0.2) is 95.7 Å². The van der Waals surface area contributed by atoms with E-state index in [0.29, 0.717) is 0 Å². The molecule has 1 aliphatic carbocycles. The van der Waals surface area contributed by atoms with Gasteiger partial charge < -0.3 is 4.42 Å². The van der Waals surface area contributed by atoms with Gasteiger partial charge in [0, 0.05) is 29.1 Å². The van der Waals surface area contributed by atoms with Crippen LogP contribution < -0.4 is 14.9 Å². The molecule has 0 unspecified atom stereocenters. The zero-order chi connectivity index (χ0) is 30.2. The van der Waals surface area contributed by atoms with Crippen molar-refractivity contribution in [2.45, 2.75) is 75.8 Å². The van der Waals surface area contributed by atoms with Gasteiger partial charge in [-0.25, -0.2) is 4.57 Å². The zero-order valence-corrected chi connectivity index (χ0v) is 27.5. The van der Waals surface area contributed by atoms with Crippen molar-refractivity contribution >= 4 is 40.5 Å². The number of aryl methyl sites for hydroxylation is 2. The van der Waals surface area contributed by atoms with Crippen LogP contribution in [-0.2, 0) is 12.5 Å². The third kappa shape index (κ3) is 3.94. The maximum absolute atomic E-state index is 6.50. The van der Waals surface area contributed by atoms with E-state index in [0.717, 1.165) is 27.6 Å². The van der Waals surface area contributed by atoms with Crippen LogP contribution in [0, 0.1) is 6.92 Å². The van der Waals surface area contributed by atoms with Gasteiger partial charge in [0.05, 0.1) is 5.56 Å². The highest BCUT2D eigenvalue weighted by atomic mass is 28.3. The summed E-state index contributed by atoms with van der Waals surface area (Å²) >= 11 is 0. The van der Waals surface area contributed by atoms with Gasteiger partial charge in [-0.2, -0.15) is 0 Å². The van der Waals surface area contributed by atoms with Crippen LogP contribution in [0.2, 0.25) is 12.1 Å². The van der Waals surface area contributed by atoms with Gasteiger partial charge in [-0.05, 0) is 83.1 Å². The fourth-order valence-corrected chi connectivity index (χ4v) is 15.5. The second-order valence-corrected chi connectivity index (χ2v) is 18.3. The lowest BCUT2D eigenvalue weighted by atomic mass is 9.65. The normalized spacial score (nSPS) is 18.4. The quantitative estimate of drug-likeness (QED) is 0.146. The van der Waals surface area contributed by atoms with Gasteiger partial charge in [-0.1, -0.05) is 92.2 Å². The Kier molecular flexibility index (Phi) is 6.22. The number of nitrogens with zero attached hydrogens (tertiary/aromatic N) is 2. The van der Waals surface area contributed by atoms with Crippen molar-refractivity contribution in [2.75, 3.05) is 0 Å². The molecule has 5 heterocycles. The Hall–Kier alpha value is -4.02. The Morgan fingerprint density at radius 3 is 2.40 bits per heavy atom. The fourth-order valence-electron chi connectivity index (χ4n) is 9.61. The predicted molar refractivity (Wildman–Crippen MR) is 187 cm³/mol. The standard InChI is InChI=1S/C41H41N2OSi/c1-28-15-17-31-39-35(13-11-22-42-39)44-40(31)38(28)34-26-30(19-23-43(34)2)29-16-18-33-37(27-29)45(24-9-4-10-25-45)36-14-6-5-12-32(36)41(33)20-7-3-8-21-41/h5-6,11-19,22-23,26-27H,3-4,7-10,20-21,24-25H2,1-2H3/q+1. The minimum Gasteiger partial charge on any atom is -0.453 e. The summed E-state index contributed by atoms with van der Waals surface area (Å²) in [4.78, 5) is 4.66. The highest BCUT2D eigenvalue weighted by Gasteiger charge is 2.51. The zero-order valence-electron chi connectivity index (χ0n) is 26.5. The summed E-state index contributed by atoms with van der Waals surface area (Å²) < 4.78 is 8.74. The van der Waals surface area contributed by atoms with E-state index >= 15 is 0 Å². The van der Waals surface area contributed by atoms with Crippen molar-refractivity contribution in [1.29, 1.82) is 0 Å². The number of pyridine rings is 2. The topological polar surface area (TPSA) is 29.9 Å². The molecule has 1 saturated heterocycles. The Balaban J connectivity index is 1.25. The second kappa shape index (κ2) is 10.2. The maximum atomic E-state index is 6.50. The van der Waals surface area contributed by atoms with E-state index < -0.39 is 8.07 Å². The molecule has 0 bridgehead atoms. The average molecular weight is 606 g/mol. The van der Waals surface area contributed by atoms with Crippen LogP contribution in [0.1, 0.15) is 68.1 Å². The number of fused-ring (bicyclic) bond motifs is 9. The molecule has 3 aromatic carbocycles. The number of hydrogen-bond acceptors (Lipinski definition) is 2. The molecule has 3 nitrogen and oxygen atoms in total. The summed E-state index contributed by atoms with van der Waals surface area (Å²) in [5, 5.41) is 4.61. The van der Waals surface area contributed by atoms with Crippen LogP contribution in [0.5, 0.6) is 0 Å². The van der Waals surface area contributed by atoms with E-state index in [1.54, 1.807) is 21.5 Å². The van der Waals surface area contributed by atoms with Gasteiger partial charge in [-0.15, -0.1) is 0 Å². The number of rotatable bonds is 2. The lowest BCUT2D eigenvalue weighted by Crippen LogP contribution is -2.67. The molecule has 0 amide bonds. The molecule has 3 aliphatic rings. The fraction of sp³-hybridized carbons (Fsp3) is 0.317. The Bertz CT molecular complexity index is 2110. The first kappa shape index (κ1) is 27.3. The smallest absolute Gasteiger partial charge is 0.216 e. The Morgan fingerprint density at radius 1 is 0.756 bits per heavy atom. The minimum absolute atomic E-state index is 0.189. The first-order valence-electron chi connectivity index (χ1n) is 17.1. The number of hydrogen-bond donors (Lipinski definition) is 0. The summed E-state index contributed by atoms with van der Waals surface area (Å²) in [6.07, 6.45) is 14.9. The van der Waals surface area contributed by atoms with Gasteiger partial charge in [0.1, 0.15) is 20.6 Å². The third-order valence-electron chi connectivity index (χ3n) is 11.8. The van der Waals surface area contributed by atoms with Gasteiger partial charge in [0.25, 0.3) is 0 Å². The summed E-state index contributed by atoms with van der Waals surface area (Å²) in [6.45, 7) is 2.19. The Labute approximate surface area is 267 Å². The molecule has 2 spiro atoms. The van der Waals surface area contributed by atoms with Gasteiger partial charge in [-0.3, -0.25) is 4.98 Å². The van der Waals surface area contributed by atoms with Crippen molar-refractivity contribution in [3.05, 3.63) is 108 Å². The summed E-state index contributed by atoms with van der Waals surface area (Å²) in [5.41, 5.74) is 12.5. The van der Waals surface area contributed by atoms with E-state index in [9.17, 15) is 0 Å². The highest BCUT2D eigenvalue weighted by Crippen LogP contribution is 2.49. The molecule has 0 N–H and O–H groups in total. The van der Waals surface area contributed by atoms with Gasteiger partial charge in [0.15, 0.2) is 17.4 Å². The van der Waals surface area contributed by atoms with E-state index in [4.69, 9.17) is 4.42 Å². The van der Waals surface area contributed by atoms with Crippen molar-refractivity contribution in [3.8, 4) is 22.4 Å². The van der Waals surface area contributed by atoms with Gasteiger partial charge in [0.2, 0.25) is 5.69 Å². The van der Waals surface area contributed by atoms with E-state index in [1.807, 2.05) is 18.3 Å². The molecule has 224 valence electrons. The lowest BCUT2D eigenvalue weighted by Gasteiger charge is -2.51. The summed E-state index contributed by atoms with van der Waals surface area (Å²) in [6, 6.07) is 33.3. The average Bonchev–Trinajstić information content (AvgIpc) is 3.47. The molecule has 1 saturated carbocycles. The molecule has 6 aromatic rings. The lowest BCUT2D eigenvalue weighted by molar-refractivity contribution is -0.660. The van der Waals surface area contributed by atoms with Crippen LogP contribution in [-0.4, -0.2) is 13.1 Å². The van der Waals surface area contributed by atoms with Crippen molar-refractivity contribution < 1.29 is 8.98 Å². The number of furan rings is 1. The molecule has 0 radical (unpaired) electrons. The summed E-state index contributed by atoms with van der Waals surface area (Å²) in [5.74, 6) is 0. The van der Waals surface area contributed by atoms with E-state index in [-0.39, 0.29) is 5.41 Å². The molecule has 4 heteroatoms. The van der Waals surface area contributed by atoms with Crippen molar-refractivity contribution in [3.63, 3.8) is 0 Å². The number of benzene rings is 3. The van der Waals surface area contributed by atoms with Crippen LogP contribution in [0.25, 0.3) is 44.5 Å². The highest BCUT2D eigenvalue weighted by molar-refractivity contribution is 7.03. The van der Waals surface area contributed by atoms with Crippen LogP contribution in [0.3, 0.4) is 0 Å². The minimum atomic E-state index is -1.87. The van der Waals surface area contributed by atoms with Crippen molar-refractivity contribution in [2.24, 2.45) is 7.05 Å². The third-order valence-corrected chi connectivity index (χ3v) is 17.1. The monoisotopic (exact) mass is 605 g/mol.